The summed E-state index contributed by atoms with van der Waals surface area (Å²) in [4.78, 5) is 16.2. The van der Waals surface area contributed by atoms with Crippen molar-refractivity contribution in [3.63, 3.8) is 0 Å². The molecule has 29 heavy (non-hydrogen) atoms. The number of benzene rings is 2. The molecule has 2 aromatic carbocycles. The van der Waals surface area contributed by atoms with Gasteiger partial charge in [-0.15, -0.1) is 0 Å². The zero-order valence-electron chi connectivity index (χ0n) is 16.6. The fraction of sp³-hybridized carbons (Fsp3) is 0.409. The van der Waals surface area contributed by atoms with Crippen LogP contribution in [0.2, 0.25) is 5.02 Å². The predicted octanol–water partition coefficient (Wildman–Crippen LogP) is 1.69. The number of halogens is 1. The SMILES string of the molecule is C[C@@H](NC(=O)C[NH+]1CCN(c2cccc(Cl)c2)CC1)c1ccc2c(c1)OCCO2. The van der Waals surface area contributed by atoms with Crippen LogP contribution in [0.25, 0.3) is 0 Å². The molecule has 7 heteroatoms. The van der Waals surface area contributed by atoms with Crippen molar-refractivity contribution in [1.29, 1.82) is 0 Å². The van der Waals surface area contributed by atoms with Crippen LogP contribution in [0.1, 0.15) is 18.5 Å². The molecule has 0 radical (unpaired) electrons. The number of amides is 1. The van der Waals surface area contributed by atoms with Gasteiger partial charge in [0.25, 0.3) is 5.91 Å². The van der Waals surface area contributed by atoms with Crippen LogP contribution in [0, 0.1) is 0 Å². The largest absolute Gasteiger partial charge is 0.486 e. The first kappa shape index (κ1) is 19.9. The van der Waals surface area contributed by atoms with Crippen LogP contribution in [0.3, 0.4) is 0 Å². The van der Waals surface area contributed by atoms with E-state index in [0.29, 0.717) is 19.8 Å². The summed E-state index contributed by atoms with van der Waals surface area (Å²) in [6.45, 7) is 7.31. The monoisotopic (exact) mass is 416 g/mol. The molecule has 1 fully saturated rings. The third kappa shape index (κ3) is 4.95. The Morgan fingerprint density at radius 2 is 1.90 bits per heavy atom. The number of rotatable bonds is 5. The number of nitrogens with one attached hydrogen (secondary N) is 2. The van der Waals surface area contributed by atoms with Crippen LogP contribution in [-0.4, -0.2) is 51.8 Å². The van der Waals surface area contributed by atoms with Crippen molar-refractivity contribution in [3.8, 4) is 11.5 Å². The van der Waals surface area contributed by atoms with E-state index in [2.05, 4.69) is 16.3 Å². The second kappa shape index (κ2) is 8.93. The van der Waals surface area contributed by atoms with Gasteiger partial charge < -0.3 is 24.6 Å². The van der Waals surface area contributed by atoms with Gasteiger partial charge in [-0.2, -0.15) is 0 Å². The molecule has 6 nitrogen and oxygen atoms in total. The van der Waals surface area contributed by atoms with Crippen LogP contribution >= 0.6 is 11.6 Å². The van der Waals surface area contributed by atoms with Crippen molar-refractivity contribution in [2.75, 3.05) is 50.8 Å². The minimum Gasteiger partial charge on any atom is -0.486 e. The summed E-state index contributed by atoms with van der Waals surface area (Å²) in [7, 11) is 0. The van der Waals surface area contributed by atoms with E-state index in [-0.39, 0.29) is 11.9 Å². The average molecular weight is 417 g/mol. The van der Waals surface area contributed by atoms with Crippen LogP contribution in [0.15, 0.2) is 42.5 Å². The van der Waals surface area contributed by atoms with Crippen molar-refractivity contribution in [3.05, 3.63) is 53.1 Å². The molecule has 0 saturated carbocycles. The highest BCUT2D eigenvalue weighted by Crippen LogP contribution is 2.32. The fourth-order valence-electron chi connectivity index (χ4n) is 3.86. The lowest BCUT2D eigenvalue weighted by Gasteiger charge is -2.33. The molecule has 0 bridgehead atoms. The molecule has 1 saturated heterocycles. The lowest BCUT2D eigenvalue weighted by atomic mass is 10.1. The zero-order valence-corrected chi connectivity index (χ0v) is 17.4. The quantitative estimate of drug-likeness (QED) is 0.779. The highest BCUT2D eigenvalue weighted by atomic mass is 35.5. The third-order valence-electron chi connectivity index (χ3n) is 5.50. The van der Waals surface area contributed by atoms with Crippen LogP contribution in [-0.2, 0) is 4.79 Å². The van der Waals surface area contributed by atoms with Crippen molar-refractivity contribution in [2.45, 2.75) is 13.0 Å². The Labute approximate surface area is 176 Å². The topological polar surface area (TPSA) is 55.2 Å². The summed E-state index contributed by atoms with van der Waals surface area (Å²) >= 11 is 6.10. The summed E-state index contributed by atoms with van der Waals surface area (Å²) in [5.74, 6) is 1.58. The molecule has 2 heterocycles. The number of quaternary nitrogens is 1. The highest BCUT2D eigenvalue weighted by Gasteiger charge is 2.23. The van der Waals surface area contributed by atoms with Crippen molar-refractivity contribution in [2.24, 2.45) is 0 Å². The predicted molar refractivity (Wildman–Crippen MR) is 113 cm³/mol. The number of ether oxygens (including phenoxy) is 2. The van der Waals surface area contributed by atoms with Gasteiger partial charge in [0.2, 0.25) is 0 Å². The molecular weight excluding hydrogens is 390 g/mol. The van der Waals surface area contributed by atoms with Gasteiger partial charge in [-0.1, -0.05) is 23.7 Å². The lowest BCUT2D eigenvalue weighted by Crippen LogP contribution is -3.15. The van der Waals surface area contributed by atoms with Crippen molar-refractivity contribution < 1.29 is 19.2 Å². The number of carbonyl (C=O) groups is 1. The molecule has 2 aliphatic heterocycles. The Bertz CT molecular complexity index is 868. The van der Waals surface area contributed by atoms with Gasteiger partial charge in [0.15, 0.2) is 18.0 Å². The molecule has 1 amide bonds. The van der Waals surface area contributed by atoms with Gasteiger partial charge in [0, 0.05) is 10.7 Å². The van der Waals surface area contributed by atoms with E-state index >= 15 is 0 Å². The number of hydrogen-bond donors (Lipinski definition) is 2. The van der Waals surface area contributed by atoms with E-state index in [4.69, 9.17) is 21.1 Å². The van der Waals surface area contributed by atoms with E-state index in [1.54, 1.807) is 0 Å². The number of piperazine rings is 1. The summed E-state index contributed by atoms with van der Waals surface area (Å²) in [5.41, 5.74) is 2.16. The van der Waals surface area contributed by atoms with Gasteiger partial charge in [0.05, 0.1) is 32.2 Å². The van der Waals surface area contributed by atoms with Crippen molar-refractivity contribution >= 4 is 23.2 Å². The Morgan fingerprint density at radius 3 is 2.66 bits per heavy atom. The first-order chi connectivity index (χ1) is 14.1. The fourth-order valence-corrected chi connectivity index (χ4v) is 4.05. The molecule has 0 aromatic heterocycles. The highest BCUT2D eigenvalue weighted by molar-refractivity contribution is 6.30. The van der Waals surface area contributed by atoms with Gasteiger partial charge in [-0.05, 0) is 42.8 Å². The second-order valence-corrected chi connectivity index (χ2v) is 8.02. The Hall–Kier alpha value is -2.44. The van der Waals surface area contributed by atoms with Crippen molar-refractivity contribution in [1.82, 2.24) is 5.32 Å². The minimum atomic E-state index is -0.0783. The van der Waals surface area contributed by atoms with Gasteiger partial charge >= 0.3 is 0 Å². The molecule has 0 spiro atoms. The van der Waals surface area contributed by atoms with Gasteiger partial charge in [-0.25, -0.2) is 0 Å². The normalized spacial score (nSPS) is 17.7. The van der Waals surface area contributed by atoms with Gasteiger partial charge in [0.1, 0.15) is 13.2 Å². The number of hydrogen-bond acceptors (Lipinski definition) is 4. The lowest BCUT2D eigenvalue weighted by molar-refractivity contribution is -0.892. The molecule has 2 N–H and O–H groups in total. The first-order valence-electron chi connectivity index (χ1n) is 10.1. The maximum atomic E-state index is 12.6. The number of anilines is 1. The Morgan fingerprint density at radius 1 is 1.14 bits per heavy atom. The summed E-state index contributed by atoms with van der Waals surface area (Å²) in [6.07, 6.45) is 0. The smallest absolute Gasteiger partial charge is 0.275 e. The number of nitrogens with zero attached hydrogens (tertiary/aromatic N) is 1. The van der Waals surface area contributed by atoms with Crippen LogP contribution in [0.5, 0.6) is 11.5 Å². The van der Waals surface area contributed by atoms with Gasteiger partial charge in [-0.3, -0.25) is 4.79 Å². The van der Waals surface area contributed by atoms with E-state index < -0.39 is 0 Å². The van der Waals surface area contributed by atoms with Crippen LogP contribution < -0.4 is 24.6 Å². The summed E-state index contributed by atoms with van der Waals surface area (Å²) < 4.78 is 11.2. The molecule has 0 unspecified atom stereocenters. The van der Waals surface area contributed by atoms with E-state index in [1.807, 2.05) is 43.3 Å². The Kier molecular flexibility index (Phi) is 6.11. The first-order valence-corrected chi connectivity index (χ1v) is 10.5. The second-order valence-electron chi connectivity index (χ2n) is 7.59. The van der Waals surface area contributed by atoms with E-state index in [9.17, 15) is 4.79 Å². The molecule has 0 aliphatic carbocycles. The molecule has 1 atom stereocenters. The van der Waals surface area contributed by atoms with E-state index in [1.165, 1.54) is 4.90 Å². The molecule has 4 rings (SSSR count). The standard InChI is InChI=1S/C22H26ClN3O3/c1-16(17-5-6-20-21(13-17)29-12-11-28-20)24-22(27)15-25-7-9-26(10-8-25)19-4-2-3-18(23)14-19/h2-6,13-14,16H,7-12,15H2,1H3,(H,24,27)/p+1/t16-/m1/s1. The summed E-state index contributed by atoms with van der Waals surface area (Å²) in [5, 5.41) is 3.87. The molecule has 2 aliphatic rings. The number of fused-ring (bicyclic) bond motifs is 1. The average Bonchev–Trinajstić information content (AvgIpc) is 2.74. The molecule has 154 valence electrons. The molecular formula is C22H27ClN3O3+. The Balaban J connectivity index is 1.27. The minimum absolute atomic E-state index is 0.0681. The maximum Gasteiger partial charge on any atom is 0.275 e. The number of carbonyl (C=O) groups excluding carboxylic acids is 1. The third-order valence-corrected chi connectivity index (χ3v) is 5.73. The summed E-state index contributed by atoms with van der Waals surface area (Å²) in [6, 6.07) is 13.7. The zero-order chi connectivity index (χ0) is 20.2. The molecule has 2 aromatic rings. The maximum absolute atomic E-state index is 12.6. The van der Waals surface area contributed by atoms with Crippen LogP contribution in [0.4, 0.5) is 5.69 Å². The van der Waals surface area contributed by atoms with E-state index in [0.717, 1.165) is 54.0 Å².